The number of benzene rings is 1. The lowest BCUT2D eigenvalue weighted by Gasteiger charge is -2.29. The van der Waals surface area contributed by atoms with Crippen molar-refractivity contribution in [2.24, 2.45) is 0 Å². The Morgan fingerprint density at radius 2 is 1.96 bits per heavy atom. The lowest BCUT2D eigenvalue weighted by molar-refractivity contribution is -0.139. The van der Waals surface area contributed by atoms with Crippen molar-refractivity contribution in [2.75, 3.05) is 6.61 Å². The van der Waals surface area contributed by atoms with E-state index in [-0.39, 0.29) is 29.9 Å². The molecule has 0 saturated carbocycles. The molecule has 1 aliphatic heterocycles. The van der Waals surface area contributed by atoms with Gasteiger partial charge in [0.05, 0.1) is 29.6 Å². The molecule has 0 amide bonds. The Kier molecular flexibility index (Phi) is 5.45. The van der Waals surface area contributed by atoms with Crippen LogP contribution in [0.3, 0.4) is 0 Å². The van der Waals surface area contributed by atoms with Gasteiger partial charge in [-0.25, -0.2) is 9.59 Å². The zero-order chi connectivity index (χ0) is 18.6. The van der Waals surface area contributed by atoms with Gasteiger partial charge in [0.2, 0.25) is 0 Å². The highest BCUT2D eigenvalue weighted by atomic mass is 16.5. The number of carboxylic acid groups (broad SMARTS) is 1. The number of phenolic OH excluding ortho intramolecular Hbond substituents is 1. The van der Waals surface area contributed by atoms with Crippen molar-refractivity contribution >= 4 is 11.9 Å². The number of nitrogens with zero attached hydrogens (tertiary/aromatic N) is 1. The Hall–Kier alpha value is -3.27. The van der Waals surface area contributed by atoms with Gasteiger partial charge in [-0.3, -0.25) is 0 Å². The molecule has 1 aromatic rings. The summed E-state index contributed by atoms with van der Waals surface area (Å²) >= 11 is 0. The monoisotopic (exact) mass is 342 g/mol. The number of aromatic hydroxyl groups is 1. The Bertz CT molecular complexity index is 817. The first-order valence-electron chi connectivity index (χ1n) is 7.61. The van der Waals surface area contributed by atoms with E-state index in [1.165, 1.54) is 12.1 Å². The van der Waals surface area contributed by atoms with Crippen LogP contribution >= 0.6 is 0 Å². The van der Waals surface area contributed by atoms with Gasteiger partial charge >= 0.3 is 11.9 Å². The van der Waals surface area contributed by atoms with Gasteiger partial charge in [-0.2, -0.15) is 5.26 Å². The molecule has 0 aromatic heterocycles. The third-order valence-corrected chi connectivity index (χ3v) is 3.86. The highest BCUT2D eigenvalue weighted by molar-refractivity contribution is 5.99. The second kappa shape index (κ2) is 7.53. The van der Waals surface area contributed by atoms with Crippen molar-refractivity contribution in [3.63, 3.8) is 0 Å². The van der Waals surface area contributed by atoms with Gasteiger partial charge in [0, 0.05) is 11.4 Å². The first kappa shape index (κ1) is 18.1. The number of carbonyl (C=O) groups excluding carboxylic acids is 1. The normalized spacial score (nSPS) is 16.9. The predicted molar refractivity (Wildman–Crippen MR) is 88.2 cm³/mol. The van der Waals surface area contributed by atoms with Crippen LogP contribution in [0, 0.1) is 11.3 Å². The first-order valence-corrected chi connectivity index (χ1v) is 7.61. The molecule has 0 saturated heterocycles. The molecule has 130 valence electrons. The van der Waals surface area contributed by atoms with Crippen LogP contribution in [0.5, 0.6) is 5.75 Å². The minimum Gasteiger partial charge on any atom is -0.508 e. The van der Waals surface area contributed by atoms with E-state index in [0.717, 1.165) is 0 Å². The molecule has 1 aliphatic rings. The summed E-state index contributed by atoms with van der Waals surface area (Å²) in [5.41, 5.74) is 1.49. The molecule has 1 aromatic carbocycles. The number of dihydropyridines is 1. The van der Waals surface area contributed by atoms with Crippen LogP contribution in [0.1, 0.15) is 31.7 Å². The Balaban J connectivity index is 2.54. The largest absolute Gasteiger partial charge is 0.508 e. The van der Waals surface area contributed by atoms with Crippen LogP contribution in [-0.4, -0.2) is 28.8 Å². The molecule has 0 aliphatic carbocycles. The second-order valence-electron chi connectivity index (χ2n) is 5.58. The molecule has 0 bridgehead atoms. The molecule has 25 heavy (non-hydrogen) atoms. The number of rotatable bonds is 5. The van der Waals surface area contributed by atoms with Crippen molar-refractivity contribution in [2.45, 2.75) is 26.2 Å². The average molecular weight is 342 g/mol. The molecule has 1 atom stereocenters. The fourth-order valence-electron chi connectivity index (χ4n) is 2.85. The standard InChI is InChI=1S/C18H18N2O5/c1-10-14(17(22)23)16(12-5-3-6-13(21)9-12)15(11(2)20-10)18(24)25-8-4-7-19/h3,5-6,9,16,20-21H,4,8H2,1-2H3,(H,22,23). The van der Waals surface area contributed by atoms with E-state index in [1.54, 1.807) is 26.0 Å². The van der Waals surface area contributed by atoms with Gasteiger partial charge < -0.3 is 20.3 Å². The third kappa shape index (κ3) is 3.80. The van der Waals surface area contributed by atoms with E-state index in [2.05, 4.69) is 5.32 Å². The van der Waals surface area contributed by atoms with E-state index in [1.807, 2.05) is 6.07 Å². The maximum atomic E-state index is 12.5. The minimum absolute atomic E-state index is 0.00318. The average Bonchev–Trinajstić information content (AvgIpc) is 2.53. The summed E-state index contributed by atoms with van der Waals surface area (Å²) in [6.45, 7) is 3.18. The van der Waals surface area contributed by atoms with Crippen LogP contribution in [0.2, 0.25) is 0 Å². The fraction of sp³-hybridized carbons (Fsp3) is 0.278. The van der Waals surface area contributed by atoms with Gasteiger partial charge in [-0.15, -0.1) is 0 Å². The zero-order valence-electron chi connectivity index (χ0n) is 13.9. The second-order valence-corrected chi connectivity index (χ2v) is 5.58. The van der Waals surface area contributed by atoms with E-state index >= 15 is 0 Å². The minimum atomic E-state index is -1.17. The Labute approximate surface area is 144 Å². The lowest BCUT2D eigenvalue weighted by atomic mass is 9.80. The van der Waals surface area contributed by atoms with Crippen molar-refractivity contribution in [3.05, 3.63) is 52.4 Å². The zero-order valence-corrected chi connectivity index (χ0v) is 13.9. The summed E-state index contributed by atoms with van der Waals surface area (Å²) in [6, 6.07) is 7.98. The molecule has 7 heteroatoms. The molecule has 2 rings (SSSR count). The number of esters is 1. The van der Waals surface area contributed by atoms with Crippen molar-refractivity contribution < 1.29 is 24.5 Å². The fourth-order valence-corrected chi connectivity index (χ4v) is 2.85. The molecule has 0 radical (unpaired) electrons. The van der Waals surface area contributed by atoms with Gasteiger partial charge in [0.25, 0.3) is 0 Å². The number of carboxylic acids is 1. The molecule has 1 unspecified atom stereocenters. The smallest absolute Gasteiger partial charge is 0.336 e. The summed E-state index contributed by atoms with van der Waals surface area (Å²) < 4.78 is 5.10. The maximum absolute atomic E-state index is 12.5. The van der Waals surface area contributed by atoms with E-state index in [9.17, 15) is 19.8 Å². The number of carbonyl (C=O) groups is 2. The summed E-state index contributed by atoms with van der Waals surface area (Å²) in [7, 11) is 0. The van der Waals surface area contributed by atoms with E-state index in [0.29, 0.717) is 17.0 Å². The summed E-state index contributed by atoms with van der Waals surface area (Å²) in [5, 5.41) is 30.9. The van der Waals surface area contributed by atoms with E-state index < -0.39 is 17.9 Å². The number of hydrogen-bond donors (Lipinski definition) is 3. The topological polar surface area (TPSA) is 120 Å². The summed E-state index contributed by atoms with van der Waals surface area (Å²) in [4.78, 5) is 24.3. The Morgan fingerprint density at radius 3 is 2.56 bits per heavy atom. The SMILES string of the molecule is CC1=C(C(=O)O)C(c2cccc(O)c2)C(C(=O)OCCC#N)=C(C)N1. The quantitative estimate of drug-likeness (QED) is 0.554. The number of ether oxygens (including phenoxy) is 1. The number of aliphatic carboxylic acids is 1. The van der Waals surface area contributed by atoms with Crippen LogP contribution in [0.15, 0.2) is 46.8 Å². The van der Waals surface area contributed by atoms with Crippen LogP contribution in [-0.2, 0) is 14.3 Å². The summed E-state index contributed by atoms with van der Waals surface area (Å²) in [6.07, 6.45) is 0.0446. The van der Waals surface area contributed by atoms with Crippen LogP contribution < -0.4 is 5.32 Å². The molecular formula is C18H18N2O5. The summed E-state index contributed by atoms with van der Waals surface area (Å²) in [5.74, 6) is -2.79. The molecular weight excluding hydrogens is 324 g/mol. The number of hydrogen-bond acceptors (Lipinski definition) is 6. The highest BCUT2D eigenvalue weighted by Crippen LogP contribution is 2.39. The van der Waals surface area contributed by atoms with E-state index in [4.69, 9.17) is 10.00 Å². The van der Waals surface area contributed by atoms with Crippen LogP contribution in [0.4, 0.5) is 0 Å². The van der Waals surface area contributed by atoms with Crippen molar-refractivity contribution in [3.8, 4) is 11.8 Å². The molecule has 0 spiro atoms. The number of nitriles is 1. The maximum Gasteiger partial charge on any atom is 0.336 e. The van der Waals surface area contributed by atoms with Gasteiger partial charge in [0.1, 0.15) is 12.4 Å². The van der Waals surface area contributed by atoms with Crippen molar-refractivity contribution in [1.82, 2.24) is 5.32 Å². The first-order chi connectivity index (χ1) is 11.9. The molecule has 3 N–H and O–H groups in total. The molecule has 0 fully saturated rings. The van der Waals surface area contributed by atoms with Crippen molar-refractivity contribution in [1.29, 1.82) is 5.26 Å². The highest BCUT2D eigenvalue weighted by Gasteiger charge is 2.37. The Morgan fingerprint density at radius 1 is 1.28 bits per heavy atom. The van der Waals surface area contributed by atoms with Gasteiger partial charge in [-0.05, 0) is 31.5 Å². The van der Waals surface area contributed by atoms with Gasteiger partial charge in [-0.1, -0.05) is 12.1 Å². The number of phenols is 1. The van der Waals surface area contributed by atoms with Gasteiger partial charge in [0.15, 0.2) is 0 Å². The number of allylic oxidation sites excluding steroid dienone is 2. The third-order valence-electron chi connectivity index (χ3n) is 3.86. The lowest BCUT2D eigenvalue weighted by Crippen LogP contribution is -2.31. The van der Waals surface area contributed by atoms with Crippen LogP contribution in [0.25, 0.3) is 0 Å². The predicted octanol–water partition coefficient (Wildman–Crippen LogP) is 2.17. The number of nitrogens with one attached hydrogen (secondary N) is 1. The molecule has 1 heterocycles. The molecule has 7 nitrogen and oxygen atoms in total.